The maximum Gasteiger partial charge on any atom is 0.254 e. The van der Waals surface area contributed by atoms with Crippen LogP contribution in [0.2, 0.25) is 5.02 Å². The first-order valence-electron chi connectivity index (χ1n) is 8.00. The lowest BCUT2D eigenvalue weighted by Crippen LogP contribution is -2.23. The normalized spacial score (nSPS) is 10.3. The Labute approximate surface area is 160 Å². The van der Waals surface area contributed by atoms with Gasteiger partial charge >= 0.3 is 0 Å². The monoisotopic (exact) mass is 386 g/mol. The molecule has 0 unspecified atom stereocenters. The van der Waals surface area contributed by atoms with Crippen LogP contribution in [0.4, 0.5) is 16.0 Å². The number of anilines is 2. The molecule has 6 nitrogen and oxygen atoms in total. The Hall–Kier alpha value is -3.19. The number of aromatic nitrogens is 2. The quantitative estimate of drug-likeness (QED) is 0.670. The fraction of sp³-hybridized carbons (Fsp3) is 0.105. The van der Waals surface area contributed by atoms with Crippen LogP contribution in [0.5, 0.6) is 5.75 Å². The highest BCUT2D eigenvalue weighted by Gasteiger charge is 2.08. The van der Waals surface area contributed by atoms with Crippen LogP contribution >= 0.6 is 11.6 Å². The Bertz CT molecular complexity index is 933. The molecule has 3 rings (SSSR count). The minimum Gasteiger partial charge on any atom is -0.497 e. The molecule has 0 aliphatic rings. The Morgan fingerprint density at radius 2 is 1.85 bits per heavy atom. The second-order valence-electron chi connectivity index (χ2n) is 5.58. The molecule has 138 valence electrons. The summed E-state index contributed by atoms with van der Waals surface area (Å²) in [6, 6.07) is 11.6. The van der Waals surface area contributed by atoms with E-state index in [0.29, 0.717) is 17.8 Å². The largest absolute Gasteiger partial charge is 0.497 e. The van der Waals surface area contributed by atoms with Crippen molar-refractivity contribution in [2.45, 2.75) is 6.54 Å². The summed E-state index contributed by atoms with van der Waals surface area (Å²) in [7, 11) is 1.60. The van der Waals surface area contributed by atoms with Gasteiger partial charge in [0.2, 0.25) is 5.95 Å². The Morgan fingerprint density at radius 3 is 2.48 bits per heavy atom. The lowest BCUT2D eigenvalue weighted by molar-refractivity contribution is 0.0950. The van der Waals surface area contributed by atoms with E-state index in [-0.39, 0.29) is 16.9 Å². The molecule has 0 fully saturated rings. The minimum atomic E-state index is -0.507. The minimum absolute atomic E-state index is 0.00506. The number of hydrogen-bond donors (Lipinski definition) is 2. The zero-order valence-electron chi connectivity index (χ0n) is 14.4. The van der Waals surface area contributed by atoms with Gasteiger partial charge < -0.3 is 15.4 Å². The van der Waals surface area contributed by atoms with Gasteiger partial charge in [0, 0.05) is 24.6 Å². The number of nitrogens with one attached hydrogen (secondary N) is 2. The third kappa shape index (κ3) is 4.92. The molecule has 0 bridgehead atoms. The lowest BCUT2D eigenvalue weighted by Gasteiger charge is -2.08. The van der Waals surface area contributed by atoms with Gasteiger partial charge in [-0.1, -0.05) is 23.7 Å². The van der Waals surface area contributed by atoms with Crippen molar-refractivity contribution in [3.63, 3.8) is 0 Å². The average molecular weight is 387 g/mol. The summed E-state index contributed by atoms with van der Waals surface area (Å²) in [5.41, 5.74) is 1.81. The topological polar surface area (TPSA) is 76.1 Å². The van der Waals surface area contributed by atoms with Gasteiger partial charge in [-0.15, -0.1) is 0 Å². The van der Waals surface area contributed by atoms with Gasteiger partial charge in [0.25, 0.3) is 5.91 Å². The fourth-order valence-electron chi connectivity index (χ4n) is 2.24. The molecule has 8 heteroatoms. The van der Waals surface area contributed by atoms with Crippen molar-refractivity contribution in [3.8, 4) is 5.75 Å². The maximum atomic E-state index is 13.2. The van der Waals surface area contributed by atoms with Gasteiger partial charge in [0.15, 0.2) is 0 Å². The molecule has 3 aromatic rings. The van der Waals surface area contributed by atoms with Crippen LogP contribution in [0, 0.1) is 5.82 Å². The van der Waals surface area contributed by atoms with Crippen molar-refractivity contribution in [1.82, 2.24) is 15.3 Å². The van der Waals surface area contributed by atoms with E-state index in [2.05, 4.69) is 20.6 Å². The van der Waals surface area contributed by atoms with Crippen LogP contribution in [0.1, 0.15) is 15.9 Å². The smallest absolute Gasteiger partial charge is 0.254 e. The van der Waals surface area contributed by atoms with Gasteiger partial charge in [-0.25, -0.2) is 14.4 Å². The van der Waals surface area contributed by atoms with E-state index in [4.69, 9.17) is 16.3 Å². The van der Waals surface area contributed by atoms with E-state index in [1.165, 1.54) is 30.6 Å². The third-order valence-corrected chi connectivity index (χ3v) is 3.99. The summed E-state index contributed by atoms with van der Waals surface area (Å²) in [4.78, 5) is 20.4. The van der Waals surface area contributed by atoms with Crippen molar-refractivity contribution in [2.24, 2.45) is 0 Å². The second kappa shape index (κ2) is 8.46. The molecule has 0 saturated carbocycles. The van der Waals surface area contributed by atoms with Crippen molar-refractivity contribution < 1.29 is 13.9 Å². The number of ether oxygens (including phenoxy) is 1. The van der Waals surface area contributed by atoms with E-state index in [0.717, 1.165) is 11.3 Å². The molecule has 2 N–H and O–H groups in total. The highest BCUT2D eigenvalue weighted by molar-refractivity contribution is 6.31. The Kier molecular flexibility index (Phi) is 5.83. The number of methoxy groups -OCH3 is 1. The molecule has 0 spiro atoms. The first-order valence-corrected chi connectivity index (χ1v) is 8.38. The van der Waals surface area contributed by atoms with Crippen LogP contribution in [0.25, 0.3) is 0 Å². The molecular formula is C19H16ClFN4O2. The molecule has 0 saturated heterocycles. The molecule has 1 aromatic heterocycles. The van der Waals surface area contributed by atoms with Crippen LogP contribution in [-0.2, 0) is 6.54 Å². The SMILES string of the molecule is COc1ccc(CNC(=O)c2cnc(Nc3ccc(F)c(Cl)c3)nc2)cc1. The molecule has 0 atom stereocenters. The molecule has 0 aliphatic carbocycles. The second-order valence-corrected chi connectivity index (χ2v) is 5.99. The molecule has 0 aliphatic heterocycles. The average Bonchev–Trinajstić information content (AvgIpc) is 2.70. The van der Waals surface area contributed by atoms with Crippen LogP contribution in [-0.4, -0.2) is 23.0 Å². The Morgan fingerprint density at radius 1 is 1.15 bits per heavy atom. The summed E-state index contributed by atoms with van der Waals surface area (Å²) in [6.45, 7) is 0.372. The summed E-state index contributed by atoms with van der Waals surface area (Å²) >= 11 is 5.73. The van der Waals surface area contributed by atoms with E-state index >= 15 is 0 Å². The number of hydrogen-bond acceptors (Lipinski definition) is 5. The third-order valence-electron chi connectivity index (χ3n) is 3.70. The van der Waals surface area contributed by atoms with Crippen molar-refractivity contribution in [2.75, 3.05) is 12.4 Å². The molecular weight excluding hydrogens is 371 g/mol. The fourth-order valence-corrected chi connectivity index (χ4v) is 2.42. The molecule has 27 heavy (non-hydrogen) atoms. The predicted molar refractivity (Wildman–Crippen MR) is 101 cm³/mol. The van der Waals surface area contributed by atoms with Gasteiger partial charge in [0.05, 0.1) is 17.7 Å². The van der Waals surface area contributed by atoms with E-state index in [1.54, 1.807) is 7.11 Å². The molecule has 2 aromatic carbocycles. The summed E-state index contributed by atoms with van der Waals surface area (Å²) in [5, 5.41) is 5.68. The number of carbonyl (C=O) groups excluding carboxylic acids is 1. The number of rotatable bonds is 6. The zero-order valence-corrected chi connectivity index (χ0v) is 15.1. The van der Waals surface area contributed by atoms with Crippen molar-refractivity contribution in [1.29, 1.82) is 0 Å². The van der Waals surface area contributed by atoms with E-state index < -0.39 is 5.82 Å². The van der Waals surface area contributed by atoms with Crippen LogP contribution in [0.3, 0.4) is 0 Å². The number of nitrogens with zero attached hydrogens (tertiary/aromatic N) is 2. The Balaban J connectivity index is 1.58. The molecule has 1 amide bonds. The van der Waals surface area contributed by atoms with Gasteiger partial charge in [-0.2, -0.15) is 0 Å². The van der Waals surface area contributed by atoms with Crippen LogP contribution in [0.15, 0.2) is 54.9 Å². The van der Waals surface area contributed by atoms with Crippen molar-refractivity contribution >= 4 is 29.1 Å². The number of carbonyl (C=O) groups is 1. The van der Waals surface area contributed by atoms with Gasteiger partial charge in [-0.05, 0) is 35.9 Å². The highest BCUT2D eigenvalue weighted by Crippen LogP contribution is 2.21. The highest BCUT2D eigenvalue weighted by atomic mass is 35.5. The predicted octanol–water partition coefficient (Wildman–Crippen LogP) is 3.95. The molecule has 1 heterocycles. The number of benzene rings is 2. The maximum absolute atomic E-state index is 13.2. The first-order chi connectivity index (χ1) is 13.0. The van der Waals surface area contributed by atoms with E-state index in [9.17, 15) is 9.18 Å². The summed E-state index contributed by atoms with van der Waals surface area (Å²) < 4.78 is 18.3. The standard InChI is InChI=1S/C19H16ClFN4O2/c1-27-15-5-2-12(3-6-15)9-22-18(26)13-10-23-19(24-11-13)25-14-4-7-17(21)16(20)8-14/h2-8,10-11H,9H2,1H3,(H,22,26)(H,23,24,25). The number of halogens is 2. The molecule has 0 radical (unpaired) electrons. The number of amides is 1. The first kappa shape index (κ1) is 18.6. The zero-order chi connectivity index (χ0) is 19.2. The summed E-state index contributed by atoms with van der Waals surface area (Å²) in [6.07, 6.45) is 2.81. The van der Waals surface area contributed by atoms with Crippen LogP contribution < -0.4 is 15.4 Å². The summed E-state index contributed by atoms with van der Waals surface area (Å²) in [5.74, 6) is 0.225. The van der Waals surface area contributed by atoms with Gasteiger partial charge in [-0.3, -0.25) is 4.79 Å². The van der Waals surface area contributed by atoms with E-state index in [1.807, 2.05) is 24.3 Å². The van der Waals surface area contributed by atoms with Gasteiger partial charge in [0.1, 0.15) is 11.6 Å². The lowest BCUT2D eigenvalue weighted by atomic mass is 10.2. The van der Waals surface area contributed by atoms with Crippen molar-refractivity contribution in [3.05, 3.63) is 76.8 Å².